The van der Waals surface area contributed by atoms with E-state index in [2.05, 4.69) is 25.5 Å². The lowest BCUT2D eigenvalue weighted by molar-refractivity contribution is 0.415. The maximum atomic E-state index is 5.50. The number of ether oxygens (including phenoxy) is 1. The number of H-pyrrole nitrogens is 2. The molecule has 0 bridgehead atoms. The molecular weight excluding hydrogens is 348 g/mol. The summed E-state index contributed by atoms with van der Waals surface area (Å²) in [7, 11) is 1.64. The standard InChI is InChI=1S/C18H16N6OS/c1-11-9-15(21-20-11)17-22-23-18(26)24(17)19-10-14-13-6-4-3-5-12(13)7-8-16(14)25-2/h3-10H,1-2H3,(H,20,21)(H,23,26)/b19-10+. The average Bonchev–Trinajstić information content (AvgIpc) is 3.25. The second-order valence-electron chi connectivity index (χ2n) is 5.75. The Morgan fingerprint density at radius 3 is 2.77 bits per heavy atom. The third kappa shape index (κ3) is 2.80. The number of rotatable bonds is 4. The van der Waals surface area contributed by atoms with E-state index in [1.54, 1.807) is 18.0 Å². The summed E-state index contributed by atoms with van der Waals surface area (Å²) in [5.41, 5.74) is 2.47. The molecule has 0 aliphatic rings. The van der Waals surface area contributed by atoms with Gasteiger partial charge in [-0.05, 0) is 42.0 Å². The molecule has 4 aromatic rings. The average molecular weight is 364 g/mol. The first-order valence-electron chi connectivity index (χ1n) is 7.97. The molecule has 130 valence electrons. The quantitative estimate of drug-likeness (QED) is 0.427. The van der Waals surface area contributed by atoms with E-state index in [9.17, 15) is 0 Å². The highest BCUT2D eigenvalue weighted by Crippen LogP contribution is 2.26. The number of aryl methyl sites for hydroxylation is 1. The summed E-state index contributed by atoms with van der Waals surface area (Å²) in [5.74, 6) is 1.27. The van der Waals surface area contributed by atoms with Gasteiger partial charge in [0.1, 0.15) is 11.4 Å². The highest BCUT2D eigenvalue weighted by molar-refractivity contribution is 7.71. The van der Waals surface area contributed by atoms with Crippen molar-refractivity contribution in [3.63, 3.8) is 0 Å². The minimum atomic E-state index is 0.385. The lowest BCUT2D eigenvalue weighted by Crippen LogP contribution is -1.98. The molecule has 0 radical (unpaired) electrons. The van der Waals surface area contributed by atoms with E-state index in [1.807, 2.05) is 49.4 Å². The van der Waals surface area contributed by atoms with Crippen LogP contribution in [0, 0.1) is 11.7 Å². The van der Waals surface area contributed by atoms with Crippen LogP contribution in [-0.2, 0) is 0 Å². The van der Waals surface area contributed by atoms with Crippen molar-refractivity contribution in [2.24, 2.45) is 5.10 Å². The Hall–Kier alpha value is -3.26. The van der Waals surface area contributed by atoms with E-state index in [4.69, 9.17) is 17.0 Å². The molecule has 0 saturated heterocycles. The van der Waals surface area contributed by atoms with Gasteiger partial charge < -0.3 is 4.74 Å². The highest BCUT2D eigenvalue weighted by Gasteiger charge is 2.12. The molecule has 2 heterocycles. The zero-order valence-electron chi connectivity index (χ0n) is 14.2. The third-order valence-electron chi connectivity index (χ3n) is 4.04. The Bertz CT molecular complexity index is 1170. The molecule has 0 amide bonds. The number of nitrogens with one attached hydrogen (secondary N) is 2. The molecule has 0 unspecified atom stereocenters. The zero-order chi connectivity index (χ0) is 18.1. The van der Waals surface area contributed by atoms with Crippen LogP contribution in [0.15, 0.2) is 47.6 Å². The molecule has 7 nitrogen and oxygen atoms in total. The monoisotopic (exact) mass is 364 g/mol. The molecule has 2 aromatic heterocycles. The number of fused-ring (bicyclic) bond motifs is 1. The molecule has 8 heteroatoms. The third-order valence-corrected chi connectivity index (χ3v) is 4.30. The first-order valence-corrected chi connectivity index (χ1v) is 8.38. The van der Waals surface area contributed by atoms with Gasteiger partial charge in [0.2, 0.25) is 10.6 Å². The minimum Gasteiger partial charge on any atom is -0.496 e. The van der Waals surface area contributed by atoms with Crippen LogP contribution in [0.2, 0.25) is 0 Å². The van der Waals surface area contributed by atoms with Crippen molar-refractivity contribution < 1.29 is 4.74 Å². The van der Waals surface area contributed by atoms with E-state index in [-0.39, 0.29) is 0 Å². The van der Waals surface area contributed by atoms with Crippen molar-refractivity contribution in [1.29, 1.82) is 0 Å². The van der Waals surface area contributed by atoms with Crippen LogP contribution in [0.1, 0.15) is 11.3 Å². The van der Waals surface area contributed by atoms with E-state index in [1.165, 1.54) is 0 Å². The predicted molar refractivity (Wildman–Crippen MR) is 103 cm³/mol. The van der Waals surface area contributed by atoms with Gasteiger partial charge in [-0.1, -0.05) is 30.3 Å². The van der Waals surface area contributed by atoms with Gasteiger partial charge in [0.15, 0.2) is 0 Å². The lowest BCUT2D eigenvalue weighted by atomic mass is 10.0. The highest BCUT2D eigenvalue weighted by atomic mass is 32.1. The number of nitrogens with zero attached hydrogens (tertiary/aromatic N) is 4. The number of hydrogen-bond acceptors (Lipinski definition) is 5. The van der Waals surface area contributed by atoms with Gasteiger partial charge >= 0.3 is 0 Å². The molecule has 0 spiro atoms. The van der Waals surface area contributed by atoms with Crippen LogP contribution in [0.3, 0.4) is 0 Å². The molecule has 26 heavy (non-hydrogen) atoms. The maximum Gasteiger partial charge on any atom is 0.216 e. The van der Waals surface area contributed by atoms with Crippen molar-refractivity contribution in [1.82, 2.24) is 25.1 Å². The maximum absolute atomic E-state index is 5.50. The van der Waals surface area contributed by atoms with Crippen LogP contribution in [0.25, 0.3) is 22.3 Å². The summed E-state index contributed by atoms with van der Waals surface area (Å²) in [4.78, 5) is 0. The Balaban J connectivity index is 1.84. The Kier molecular flexibility index (Phi) is 4.10. The zero-order valence-corrected chi connectivity index (χ0v) is 15.0. The predicted octanol–water partition coefficient (Wildman–Crippen LogP) is 3.68. The summed E-state index contributed by atoms with van der Waals surface area (Å²) in [5, 5.41) is 20.8. The van der Waals surface area contributed by atoms with E-state index in [0.29, 0.717) is 16.3 Å². The number of benzene rings is 2. The van der Waals surface area contributed by atoms with Crippen LogP contribution >= 0.6 is 12.2 Å². The second kappa shape index (κ2) is 6.57. The number of aromatic amines is 2. The van der Waals surface area contributed by atoms with E-state index < -0.39 is 0 Å². The molecule has 0 fully saturated rings. The molecule has 0 atom stereocenters. The van der Waals surface area contributed by atoms with Gasteiger partial charge in [-0.2, -0.15) is 20.0 Å². The fraction of sp³-hybridized carbons (Fsp3) is 0.111. The van der Waals surface area contributed by atoms with Crippen LogP contribution in [-0.4, -0.2) is 38.4 Å². The van der Waals surface area contributed by atoms with Gasteiger partial charge in [0, 0.05) is 11.3 Å². The van der Waals surface area contributed by atoms with Crippen LogP contribution in [0.5, 0.6) is 5.75 Å². The van der Waals surface area contributed by atoms with E-state index >= 15 is 0 Å². The number of aromatic nitrogens is 5. The first-order chi connectivity index (χ1) is 12.7. The molecule has 2 aromatic carbocycles. The van der Waals surface area contributed by atoms with Crippen molar-refractivity contribution in [3.8, 4) is 17.3 Å². The smallest absolute Gasteiger partial charge is 0.216 e. The topological polar surface area (TPSA) is 83.9 Å². The molecule has 4 rings (SSSR count). The summed E-state index contributed by atoms with van der Waals surface area (Å²) in [6.07, 6.45) is 1.73. The Labute approximate surface area is 154 Å². The Morgan fingerprint density at radius 1 is 1.15 bits per heavy atom. The van der Waals surface area contributed by atoms with E-state index in [0.717, 1.165) is 27.8 Å². The first kappa shape index (κ1) is 16.2. The van der Waals surface area contributed by atoms with Crippen LogP contribution in [0.4, 0.5) is 0 Å². The molecule has 0 aliphatic heterocycles. The fourth-order valence-corrected chi connectivity index (χ4v) is 2.98. The summed E-state index contributed by atoms with van der Waals surface area (Å²) in [6.45, 7) is 1.92. The van der Waals surface area contributed by atoms with Crippen molar-refractivity contribution >= 4 is 29.2 Å². The van der Waals surface area contributed by atoms with Gasteiger partial charge in [0.05, 0.1) is 13.3 Å². The van der Waals surface area contributed by atoms with Gasteiger partial charge in [-0.15, -0.1) is 0 Å². The van der Waals surface area contributed by atoms with Crippen LogP contribution < -0.4 is 4.74 Å². The minimum absolute atomic E-state index is 0.385. The summed E-state index contributed by atoms with van der Waals surface area (Å²) >= 11 is 5.31. The summed E-state index contributed by atoms with van der Waals surface area (Å²) < 4.78 is 7.44. The molecule has 0 saturated carbocycles. The van der Waals surface area contributed by atoms with Gasteiger partial charge in [0.25, 0.3) is 0 Å². The second-order valence-corrected chi connectivity index (χ2v) is 6.13. The molecule has 0 aliphatic carbocycles. The van der Waals surface area contributed by atoms with Gasteiger partial charge in [-0.3, -0.25) is 5.10 Å². The van der Waals surface area contributed by atoms with Crippen molar-refractivity contribution in [2.75, 3.05) is 7.11 Å². The fourth-order valence-electron chi connectivity index (χ4n) is 2.80. The molecular formula is C18H16N6OS. The normalized spacial score (nSPS) is 11.5. The Morgan fingerprint density at radius 2 is 2.00 bits per heavy atom. The number of hydrogen-bond donors (Lipinski definition) is 2. The van der Waals surface area contributed by atoms with Gasteiger partial charge in [-0.25, -0.2) is 5.10 Å². The largest absolute Gasteiger partial charge is 0.496 e. The lowest BCUT2D eigenvalue weighted by Gasteiger charge is -2.08. The SMILES string of the molecule is COc1ccc2ccccc2c1/C=N/n1c(-c2cc(C)[nH]n2)n[nH]c1=S. The number of methoxy groups -OCH3 is 1. The summed E-state index contributed by atoms with van der Waals surface area (Å²) in [6, 6.07) is 13.9. The van der Waals surface area contributed by atoms with Crippen molar-refractivity contribution in [2.45, 2.75) is 6.92 Å². The van der Waals surface area contributed by atoms with Crippen molar-refractivity contribution in [3.05, 3.63) is 58.5 Å². The molecule has 2 N–H and O–H groups in total.